The highest BCUT2D eigenvalue weighted by Crippen LogP contribution is 2.43. The molecule has 0 spiro atoms. The molecule has 1 aromatic carbocycles. The van der Waals surface area contributed by atoms with Gasteiger partial charge in [-0.05, 0) is 99.3 Å². The molecule has 1 saturated heterocycles. The molecule has 1 atom stereocenters. The molecule has 0 radical (unpaired) electrons. The maximum atomic E-state index is 12.8. The van der Waals surface area contributed by atoms with E-state index in [1.54, 1.807) is 0 Å². The Morgan fingerprint density at radius 3 is 2.10 bits per heavy atom. The number of benzene rings is 1. The van der Waals surface area contributed by atoms with Gasteiger partial charge in [-0.3, -0.25) is 4.79 Å². The molecule has 1 unspecified atom stereocenters. The number of carbonyl (C=O) groups excluding carboxylic acids is 1. The third-order valence-electron chi connectivity index (χ3n) is 8.20. The predicted molar refractivity (Wildman–Crippen MR) is 125 cm³/mol. The van der Waals surface area contributed by atoms with Crippen LogP contribution >= 0.6 is 0 Å². The molecule has 2 aliphatic carbocycles. The van der Waals surface area contributed by atoms with Gasteiger partial charge in [0.05, 0.1) is 6.61 Å². The molecule has 0 bridgehead atoms. The van der Waals surface area contributed by atoms with Gasteiger partial charge < -0.3 is 9.47 Å². The first-order valence-electron chi connectivity index (χ1n) is 13.1. The summed E-state index contributed by atoms with van der Waals surface area (Å²) in [5.41, 5.74) is 0.827. The third-order valence-corrected chi connectivity index (χ3v) is 8.20. The molecule has 3 heteroatoms. The average Bonchev–Trinajstić information content (AvgIpc) is 2.81. The molecule has 2 saturated carbocycles. The fourth-order valence-corrected chi connectivity index (χ4v) is 6.28. The summed E-state index contributed by atoms with van der Waals surface area (Å²) < 4.78 is 11.5. The van der Waals surface area contributed by atoms with Crippen molar-refractivity contribution >= 4 is 5.78 Å². The number of Topliss-reactive ketones (excluding diaryl/α,β-unsaturated/α-hetero) is 1. The second-order valence-electron chi connectivity index (χ2n) is 10.4. The van der Waals surface area contributed by atoms with Crippen molar-refractivity contribution in [3.05, 3.63) is 29.8 Å². The number of carbonyl (C=O) groups is 1. The Bertz CT molecular complexity index is 660. The van der Waals surface area contributed by atoms with Crippen molar-refractivity contribution in [2.45, 2.75) is 103 Å². The highest BCUT2D eigenvalue weighted by molar-refractivity contribution is 5.96. The predicted octanol–water partition coefficient (Wildman–Crippen LogP) is 7.58. The van der Waals surface area contributed by atoms with Crippen molar-refractivity contribution in [2.24, 2.45) is 23.7 Å². The summed E-state index contributed by atoms with van der Waals surface area (Å²) in [4.78, 5) is 12.8. The van der Waals surface area contributed by atoms with E-state index < -0.39 is 0 Å². The summed E-state index contributed by atoms with van der Waals surface area (Å²) in [6, 6.07) is 7.72. The summed E-state index contributed by atoms with van der Waals surface area (Å²) in [5.74, 6) is 4.56. The lowest BCUT2D eigenvalue weighted by Crippen LogP contribution is -2.26. The highest BCUT2D eigenvalue weighted by atomic mass is 16.7. The number of hydrogen-bond acceptors (Lipinski definition) is 3. The lowest BCUT2D eigenvalue weighted by molar-refractivity contribution is -0.105. The van der Waals surface area contributed by atoms with Gasteiger partial charge in [-0.2, -0.15) is 0 Å². The Kier molecular flexibility index (Phi) is 8.47. The molecule has 31 heavy (non-hydrogen) atoms. The van der Waals surface area contributed by atoms with Crippen LogP contribution in [0.3, 0.4) is 0 Å². The highest BCUT2D eigenvalue weighted by Gasteiger charge is 2.31. The van der Waals surface area contributed by atoms with Crippen LogP contribution in [0.5, 0.6) is 5.75 Å². The number of ether oxygens (including phenoxy) is 2. The number of rotatable bonds is 8. The zero-order valence-corrected chi connectivity index (χ0v) is 19.5. The summed E-state index contributed by atoms with van der Waals surface area (Å²) in [6.07, 6.45) is 17.6. The Balaban J connectivity index is 1.18. The van der Waals surface area contributed by atoms with Crippen molar-refractivity contribution in [3.63, 3.8) is 0 Å². The van der Waals surface area contributed by atoms with Crippen molar-refractivity contribution in [1.82, 2.24) is 0 Å². The quantitative estimate of drug-likeness (QED) is 0.402. The van der Waals surface area contributed by atoms with Gasteiger partial charge >= 0.3 is 0 Å². The molecule has 1 heterocycles. The van der Waals surface area contributed by atoms with E-state index in [9.17, 15) is 4.79 Å². The first-order chi connectivity index (χ1) is 15.2. The van der Waals surface area contributed by atoms with Crippen LogP contribution in [0.4, 0.5) is 0 Å². The topological polar surface area (TPSA) is 35.5 Å². The first kappa shape index (κ1) is 22.8. The molecular formula is C28H42O3. The largest absolute Gasteiger partial charge is 0.465 e. The van der Waals surface area contributed by atoms with Gasteiger partial charge in [0.25, 0.3) is 0 Å². The van der Waals surface area contributed by atoms with E-state index in [2.05, 4.69) is 6.92 Å². The van der Waals surface area contributed by atoms with Crippen LogP contribution < -0.4 is 4.74 Å². The van der Waals surface area contributed by atoms with E-state index in [0.717, 1.165) is 54.9 Å². The second-order valence-corrected chi connectivity index (χ2v) is 10.4. The summed E-state index contributed by atoms with van der Waals surface area (Å²) in [6.45, 7) is 3.10. The lowest BCUT2D eigenvalue weighted by Gasteiger charge is -2.37. The Hall–Kier alpha value is -1.35. The summed E-state index contributed by atoms with van der Waals surface area (Å²) in [7, 11) is 0. The molecule has 172 valence electrons. The van der Waals surface area contributed by atoms with Gasteiger partial charge in [0.2, 0.25) is 0 Å². The fourth-order valence-electron chi connectivity index (χ4n) is 6.28. The van der Waals surface area contributed by atoms with Crippen molar-refractivity contribution in [3.8, 4) is 5.75 Å². The van der Waals surface area contributed by atoms with E-state index in [4.69, 9.17) is 9.47 Å². The minimum atomic E-state index is -0.132. The Labute approximate surface area is 189 Å². The van der Waals surface area contributed by atoms with Crippen LogP contribution in [0.2, 0.25) is 0 Å². The third kappa shape index (κ3) is 6.57. The van der Waals surface area contributed by atoms with E-state index >= 15 is 0 Å². The molecular weight excluding hydrogens is 384 g/mol. The van der Waals surface area contributed by atoms with Crippen LogP contribution in [0.25, 0.3) is 0 Å². The molecule has 0 aromatic heterocycles. The smallest absolute Gasteiger partial charge is 0.199 e. The minimum absolute atomic E-state index is 0.132. The molecule has 3 aliphatic rings. The minimum Gasteiger partial charge on any atom is -0.465 e. The molecule has 1 aromatic rings. The Morgan fingerprint density at radius 1 is 0.871 bits per heavy atom. The van der Waals surface area contributed by atoms with Crippen LogP contribution in [0.15, 0.2) is 24.3 Å². The van der Waals surface area contributed by atoms with Gasteiger partial charge in [-0.15, -0.1) is 0 Å². The molecule has 0 N–H and O–H groups in total. The monoisotopic (exact) mass is 426 g/mol. The first-order valence-corrected chi connectivity index (χ1v) is 13.1. The number of ketones is 1. The maximum Gasteiger partial charge on any atom is 0.199 e. The normalized spacial score (nSPS) is 31.8. The van der Waals surface area contributed by atoms with Crippen LogP contribution in [-0.4, -0.2) is 18.7 Å². The average molecular weight is 427 g/mol. The van der Waals surface area contributed by atoms with Gasteiger partial charge in [-0.1, -0.05) is 32.6 Å². The molecule has 0 amide bonds. The SMILES string of the molecule is CCCC1CCC(C2CCC(CC(=O)c3ccc(OC4CCCCO4)cc3)CC2)CC1. The van der Waals surface area contributed by atoms with Gasteiger partial charge in [0.15, 0.2) is 12.1 Å². The molecule has 1 aliphatic heterocycles. The zero-order valence-electron chi connectivity index (χ0n) is 19.5. The van der Waals surface area contributed by atoms with Gasteiger partial charge in [0, 0.05) is 18.4 Å². The van der Waals surface area contributed by atoms with E-state index in [0.29, 0.717) is 18.1 Å². The van der Waals surface area contributed by atoms with Crippen LogP contribution in [-0.2, 0) is 4.74 Å². The van der Waals surface area contributed by atoms with Crippen molar-refractivity contribution in [2.75, 3.05) is 6.61 Å². The van der Waals surface area contributed by atoms with E-state index in [1.807, 2.05) is 24.3 Å². The molecule has 3 nitrogen and oxygen atoms in total. The summed E-state index contributed by atoms with van der Waals surface area (Å²) in [5, 5.41) is 0. The molecule has 4 rings (SSSR count). The Morgan fingerprint density at radius 2 is 1.52 bits per heavy atom. The molecule has 3 fully saturated rings. The van der Waals surface area contributed by atoms with Crippen molar-refractivity contribution in [1.29, 1.82) is 0 Å². The fraction of sp³-hybridized carbons (Fsp3) is 0.750. The standard InChI is InChI=1S/C28H42O3/c1-2-5-21-7-11-23(12-8-21)24-13-9-22(10-14-24)20-27(29)25-15-17-26(18-16-25)31-28-6-3-4-19-30-28/h15-18,21-24,28H,2-14,19-20H2,1H3. The summed E-state index contributed by atoms with van der Waals surface area (Å²) >= 11 is 0. The van der Waals surface area contributed by atoms with Gasteiger partial charge in [0.1, 0.15) is 5.75 Å². The van der Waals surface area contributed by atoms with E-state index in [-0.39, 0.29) is 6.29 Å². The van der Waals surface area contributed by atoms with E-state index in [1.165, 1.54) is 64.2 Å². The maximum absolute atomic E-state index is 12.8. The number of hydrogen-bond donors (Lipinski definition) is 0. The van der Waals surface area contributed by atoms with Crippen molar-refractivity contribution < 1.29 is 14.3 Å². The zero-order chi connectivity index (χ0) is 21.5. The van der Waals surface area contributed by atoms with Crippen LogP contribution in [0.1, 0.15) is 107 Å². The lowest BCUT2D eigenvalue weighted by atomic mass is 9.68. The van der Waals surface area contributed by atoms with Crippen LogP contribution in [0, 0.1) is 23.7 Å². The second kappa shape index (κ2) is 11.5. The van der Waals surface area contributed by atoms with Gasteiger partial charge in [-0.25, -0.2) is 0 Å².